The first kappa shape index (κ1) is 17.2. The normalized spacial score (nSPS) is 20.7. The largest absolute Gasteiger partial charge is 0.334 e. The molecule has 1 amide bonds. The third-order valence-electron chi connectivity index (χ3n) is 5.62. The highest BCUT2D eigenvalue weighted by Crippen LogP contribution is 2.24. The van der Waals surface area contributed by atoms with Crippen molar-refractivity contribution in [2.24, 2.45) is 0 Å². The van der Waals surface area contributed by atoms with Gasteiger partial charge in [-0.05, 0) is 74.2 Å². The van der Waals surface area contributed by atoms with Gasteiger partial charge in [-0.15, -0.1) is 0 Å². The van der Waals surface area contributed by atoms with E-state index in [9.17, 15) is 9.18 Å². The molecule has 1 unspecified atom stereocenters. The lowest BCUT2D eigenvalue weighted by Crippen LogP contribution is -2.42. The van der Waals surface area contributed by atoms with Crippen LogP contribution in [0.5, 0.6) is 0 Å². The summed E-state index contributed by atoms with van der Waals surface area (Å²) in [6.07, 6.45) is 4.77. The third-order valence-corrected chi connectivity index (χ3v) is 5.62. The minimum Gasteiger partial charge on any atom is -0.334 e. The van der Waals surface area contributed by atoms with Crippen LogP contribution in [0.25, 0.3) is 11.1 Å². The first-order valence-electron chi connectivity index (χ1n) is 9.60. The molecule has 0 radical (unpaired) electrons. The molecular weight excluding hydrogens is 327 g/mol. The number of carbonyl (C=O) groups is 1. The second-order valence-electron chi connectivity index (χ2n) is 7.39. The van der Waals surface area contributed by atoms with Crippen molar-refractivity contribution in [3.63, 3.8) is 0 Å². The van der Waals surface area contributed by atoms with E-state index in [4.69, 9.17) is 0 Å². The van der Waals surface area contributed by atoms with Gasteiger partial charge in [0.25, 0.3) is 5.91 Å². The molecule has 2 aromatic carbocycles. The summed E-state index contributed by atoms with van der Waals surface area (Å²) >= 11 is 0. The highest BCUT2D eigenvalue weighted by atomic mass is 19.1. The zero-order valence-corrected chi connectivity index (χ0v) is 15.0. The SMILES string of the molecule is O=C(c1ccc(-c2ccc(F)cc2)cc1)N1CCCC1CN1CCCC1. The molecule has 0 N–H and O–H groups in total. The van der Waals surface area contributed by atoms with E-state index in [1.807, 2.05) is 24.3 Å². The second kappa shape index (κ2) is 7.58. The van der Waals surface area contributed by atoms with Crippen LogP contribution in [-0.4, -0.2) is 47.9 Å². The lowest BCUT2D eigenvalue weighted by Gasteiger charge is -2.28. The lowest BCUT2D eigenvalue weighted by molar-refractivity contribution is 0.0709. The zero-order valence-electron chi connectivity index (χ0n) is 15.0. The van der Waals surface area contributed by atoms with Gasteiger partial charge < -0.3 is 9.80 Å². The lowest BCUT2D eigenvalue weighted by atomic mass is 10.0. The van der Waals surface area contributed by atoms with Crippen LogP contribution in [0.4, 0.5) is 4.39 Å². The van der Waals surface area contributed by atoms with Crippen molar-refractivity contribution in [2.45, 2.75) is 31.7 Å². The van der Waals surface area contributed by atoms with Crippen molar-refractivity contribution in [3.8, 4) is 11.1 Å². The molecule has 4 rings (SSSR count). The van der Waals surface area contributed by atoms with Gasteiger partial charge >= 0.3 is 0 Å². The predicted molar refractivity (Wildman–Crippen MR) is 102 cm³/mol. The molecule has 3 nitrogen and oxygen atoms in total. The average molecular weight is 352 g/mol. The minimum absolute atomic E-state index is 0.136. The van der Waals surface area contributed by atoms with Crippen LogP contribution < -0.4 is 0 Å². The molecule has 136 valence electrons. The molecular formula is C22H25FN2O. The van der Waals surface area contributed by atoms with E-state index in [2.05, 4.69) is 9.80 Å². The molecule has 2 aliphatic rings. The van der Waals surface area contributed by atoms with Gasteiger partial charge in [0.2, 0.25) is 0 Å². The Hall–Kier alpha value is -2.20. The van der Waals surface area contributed by atoms with Crippen LogP contribution in [0.1, 0.15) is 36.0 Å². The highest BCUT2D eigenvalue weighted by molar-refractivity contribution is 5.95. The quantitative estimate of drug-likeness (QED) is 0.824. The molecule has 26 heavy (non-hydrogen) atoms. The number of halogens is 1. The van der Waals surface area contributed by atoms with E-state index in [-0.39, 0.29) is 11.7 Å². The van der Waals surface area contributed by atoms with E-state index < -0.39 is 0 Å². The monoisotopic (exact) mass is 352 g/mol. The first-order chi connectivity index (χ1) is 12.7. The molecule has 0 aromatic heterocycles. The summed E-state index contributed by atoms with van der Waals surface area (Å²) in [7, 11) is 0. The van der Waals surface area contributed by atoms with Gasteiger partial charge in [0.1, 0.15) is 5.82 Å². The molecule has 2 saturated heterocycles. The van der Waals surface area contributed by atoms with Crippen LogP contribution in [-0.2, 0) is 0 Å². The molecule has 2 heterocycles. The molecule has 0 bridgehead atoms. The topological polar surface area (TPSA) is 23.6 Å². The molecule has 0 spiro atoms. The standard InChI is InChI=1S/C22H25FN2O/c23-20-11-9-18(10-12-20)17-5-7-19(8-6-17)22(26)25-15-3-4-21(25)16-24-13-1-2-14-24/h5-12,21H,1-4,13-16H2. The van der Waals surface area contributed by atoms with E-state index in [1.54, 1.807) is 12.1 Å². The van der Waals surface area contributed by atoms with Crippen molar-refractivity contribution in [2.75, 3.05) is 26.2 Å². The van der Waals surface area contributed by atoms with Gasteiger partial charge in [-0.3, -0.25) is 4.79 Å². The van der Waals surface area contributed by atoms with Crippen LogP contribution in [0.3, 0.4) is 0 Å². The van der Waals surface area contributed by atoms with Crippen molar-refractivity contribution < 1.29 is 9.18 Å². The molecule has 2 aromatic rings. The number of nitrogens with zero attached hydrogens (tertiary/aromatic N) is 2. The Balaban J connectivity index is 1.46. The Bertz CT molecular complexity index is 751. The number of benzene rings is 2. The number of amides is 1. The smallest absolute Gasteiger partial charge is 0.254 e. The summed E-state index contributed by atoms with van der Waals surface area (Å²) in [5.74, 6) is -0.101. The van der Waals surface area contributed by atoms with Crippen LogP contribution in [0.2, 0.25) is 0 Å². The fraction of sp³-hybridized carbons (Fsp3) is 0.409. The summed E-state index contributed by atoms with van der Waals surface area (Å²) in [6, 6.07) is 14.5. The van der Waals surface area contributed by atoms with Gasteiger partial charge in [0, 0.05) is 24.7 Å². The summed E-state index contributed by atoms with van der Waals surface area (Å²) in [6.45, 7) is 4.21. The van der Waals surface area contributed by atoms with Crippen LogP contribution in [0.15, 0.2) is 48.5 Å². The molecule has 2 fully saturated rings. The van der Waals surface area contributed by atoms with E-state index in [1.165, 1.54) is 38.1 Å². The van der Waals surface area contributed by atoms with Crippen molar-refractivity contribution in [1.82, 2.24) is 9.80 Å². The second-order valence-corrected chi connectivity index (χ2v) is 7.39. The van der Waals surface area contributed by atoms with E-state index >= 15 is 0 Å². The molecule has 1 atom stereocenters. The number of hydrogen-bond acceptors (Lipinski definition) is 2. The number of likely N-dealkylation sites (tertiary alicyclic amines) is 2. The Morgan fingerprint density at radius 3 is 2.15 bits per heavy atom. The zero-order chi connectivity index (χ0) is 17.9. The third kappa shape index (κ3) is 3.65. The Kier molecular flexibility index (Phi) is 5.02. The van der Waals surface area contributed by atoms with Crippen LogP contribution >= 0.6 is 0 Å². The van der Waals surface area contributed by atoms with E-state index in [0.717, 1.165) is 42.6 Å². The number of hydrogen-bond donors (Lipinski definition) is 0. The Morgan fingerprint density at radius 1 is 0.885 bits per heavy atom. The molecule has 2 aliphatic heterocycles. The summed E-state index contributed by atoms with van der Waals surface area (Å²) in [5.41, 5.74) is 2.69. The average Bonchev–Trinajstić information content (AvgIpc) is 3.34. The Morgan fingerprint density at radius 2 is 1.50 bits per heavy atom. The van der Waals surface area contributed by atoms with Crippen molar-refractivity contribution in [3.05, 3.63) is 59.9 Å². The van der Waals surface area contributed by atoms with E-state index in [0.29, 0.717) is 6.04 Å². The summed E-state index contributed by atoms with van der Waals surface area (Å²) in [4.78, 5) is 17.5. The molecule has 4 heteroatoms. The maximum Gasteiger partial charge on any atom is 0.254 e. The fourth-order valence-corrected chi connectivity index (χ4v) is 4.17. The number of carbonyl (C=O) groups excluding carboxylic acids is 1. The maximum absolute atomic E-state index is 13.1. The van der Waals surface area contributed by atoms with Gasteiger partial charge in [0.15, 0.2) is 0 Å². The van der Waals surface area contributed by atoms with Gasteiger partial charge in [-0.25, -0.2) is 4.39 Å². The van der Waals surface area contributed by atoms with Crippen molar-refractivity contribution >= 4 is 5.91 Å². The molecule has 0 aliphatic carbocycles. The Labute approximate surface area is 154 Å². The summed E-state index contributed by atoms with van der Waals surface area (Å²) in [5, 5.41) is 0. The summed E-state index contributed by atoms with van der Waals surface area (Å²) < 4.78 is 13.1. The molecule has 0 saturated carbocycles. The van der Waals surface area contributed by atoms with Crippen molar-refractivity contribution in [1.29, 1.82) is 0 Å². The minimum atomic E-state index is -0.237. The fourth-order valence-electron chi connectivity index (χ4n) is 4.17. The highest BCUT2D eigenvalue weighted by Gasteiger charge is 2.31. The maximum atomic E-state index is 13.1. The van der Waals surface area contributed by atoms with Gasteiger partial charge in [-0.1, -0.05) is 24.3 Å². The van der Waals surface area contributed by atoms with Crippen LogP contribution in [0, 0.1) is 5.82 Å². The predicted octanol–water partition coefficient (Wildman–Crippen LogP) is 4.19. The van der Waals surface area contributed by atoms with Gasteiger partial charge in [0.05, 0.1) is 0 Å². The number of rotatable bonds is 4. The first-order valence-corrected chi connectivity index (χ1v) is 9.60. The van der Waals surface area contributed by atoms with Gasteiger partial charge in [-0.2, -0.15) is 0 Å².